The van der Waals surface area contributed by atoms with Gasteiger partial charge in [0.25, 0.3) is 0 Å². The third-order valence-electron chi connectivity index (χ3n) is 2.86. The summed E-state index contributed by atoms with van der Waals surface area (Å²) in [5, 5.41) is 11.6. The van der Waals surface area contributed by atoms with Gasteiger partial charge in [0.05, 0.1) is 0 Å². The molecule has 1 atom stereocenters. The number of carbonyl (C=O) groups excluding carboxylic acids is 1. The highest BCUT2D eigenvalue weighted by Crippen LogP contribution is 2.32. The summed E-state index contributed by atoms with van der Waals surface area (Å²) in [5.41, 5.74) is 0. The lowest BCUT2D eigenvalue weighted by molar-refractivity contribution is -0.139. The molecule has 16 heavy (non-hydrogen) atoms. The van der Waals surface area contributed by atoms with Crippen molar-refractivity contribution in [2.45, 2.75) is 45.7 Å². The molecule has 92 valence electrons. The van der Waals surface area contributed by atoms with Gasteiger partial charge in [-0.25, -0.2) is 9.59 Å². The predicted molar refractivity (Wildman–Crippen MR) is 60.2 cm³/mol. The lowest BCUT2D eigenvalue weighted by atomic mass is 10.2. The first-order chi connectivity index (χ1) is 7.47. The Hall–Kier alpha value is -1.26. The van der Waals surface area contributed by atoms with Gasteiger partial charge < -0.3 is 15.3 Å². The number of urea groups is 1. The minimum absolute atomic E-state index is 0.0821. The van der Waals surface area contributed by atoms with Crippen LogP contribution in [0.3, 0.4) is 0 Å². The summed E-state index contributed by atoms with van der Waals surface area (Å²) in [6.45, 7) is 6.29. The highest BCUT2D eigenvalue weighted by molar-refractivity contribution is 5.83. The summed E-state index contributed by atoms with van der Waals surface area (Å²) in [5.74, 6) is -0.817. The molecular formula is C11H20N2O3. The molecule has 1 unspecified atom stereocenters. The molecule has 1 fully saturated rings. The van der Waals surface area contributed by atoms with E-state index in [1.54, 1.807) is 4.90 Å². The Balaban J connectivity index is 2.56. The van der Waals surface area contributed by atoms with Crippen molar-refractivity contribution >= 4 is 12.0 Å². The van der Waals surface area contributed by atoms with Gasteiger partial charge in [0, 0.05) is 12.6 Å². The number of hydrogen-bond acceptors (Lipinski definition) is 2. The largest absolute Gasteiger partial charge is 0.480 e. The van der Waals surface area contributed by atoms with Crippen LogP contribution in [0.25, 0.3) is 0 Å². The number of nitrogens with zero attached hydrogens (tertiary/aromatic N) is 1. The Kier molecular flexibility index (Phi) is 4.15. The number of carboxylic acid groups (broad SMARTS) is 1. The van der Waals surface area contributed by atoms with Gasteiger partial charge >= 0.3 is 12.0 Å². The van der Waals surface area contributed by atoms with Crippen molar-refractivity contribution in [3.05, 3.63) is 0 Å². The number of rotatable bonds is 5. The van der Waals surface area contributed by atoms with E-state index in [1.165, 1.54) is 0 Å². The molecule has 5 heteroatoms. The number of carboxylic acids is 1. The van der Waals surface area contributed by atoms with E-state index in [1.807, 2.05) is 20.8 Å². The maximum Gasteiger partial charge on any atom is 0.326 e. The SMILES string of the molecule is CCN(C(=O)NC(C(=O)O)C1CC1)C(C)C. The second-order valence-corrected chi connectivity index (χ2v) is 4.48. The van der Waals surface area contributed by atoms with E-state index in [2.05, 4.69) is 5.32 Å². The van der Waals surface area contributed by atoms with E-state index in [0.717, 1.165) is 12.8 Å². The zero-order valence-corrected chi connectivity index (χ0v) is 10.1. The van der Waals surface area contributed by atoms with Crippen LogP contribution >= 0.6 is 0 Å². The molecule has 0 aromatic carbocycles. The van der Waals surface area contributed by atoms with Crippen LogP contribution in [0.15, 0.2) is 0 Å². The molecule has 0 radical (unpaired) electrons. The maximum absolute atomic E-state index is 11.8. The molecular weight excluding hydrogens is 208 g/mol. The molecule has 1 rings (SSSR count). The summed E-state index contributed by atoms with van der Waals surface area (Å²) >= 11 is 0. The number of aliphatic carboxylic acids is 1. The first kappa shape index (κ1) is 12.8. The molecule has 1 aliphatic rings. The quantitative estimate of drug-likeness (QED) is 0.745. The number of amides is 2. The zero-order chi connectivity index (χ0) is 12.3. The molecule has 1 aliphatic carbocycles. The monoisotopic (exact) mass is 228 g/mol. The third-order valence-corrected chi connectivity index (χ3v) is 2.86. The molecule has 2 amide bonds. The fourth-order valence-corrected chi connectivity index (χ4v) is 1.77. The molecule has 5 nitrogen and oxygen atoms in total. The van der Waals surface area contributed by atoms with E-state index in [9.17, 15) is 9.59 Å². The molecule has 0 saturated heterocycles. The molecule has 0 bridgehead atoms. The summed E-state index contributed by atoms with van der Waals surface area (Å²) in [6, 6.07) is -0.921. The Bertz CT molecular complexity index is 274. The summed E-state index contributed by atoms with van der Waals surface area (Å²) < 4.78 is 0. The molecule has 2 N–H and O–H groups in total. The summed E-state index contributed by atoms with van der Waals surface area (Å²) in [6.07, 6.45) is 1.79. The van der Waals surface area contributed by atoms with Gasteiger partial charge in [-0.1, -0.05) is 0 Å². The molecule has 0 heterocycles. The van der Waals surface area contributed by atoms with Crippen molar-refractivity contribution in [1.82, 2.24) is 10.2 Å². The average Bonchev–Trinajstić information content (AvgIpc) is 2.97. The molecule has 0 spiro atoms. The summed E-state index contributed by atoms with van der Waals surface area (Å²) in [7, 11) is 0. The second kappa shape index (κ2) is 5.18. The van der Waals surface area contributed by atoms with Crippen LogP contribution in [-0.2, 0) is 4.79 Å². The standard InChI is InChI=1S/C11H20N2O3/c1-4-13(7(2)3)11(16)12-9(10(14)15)8-5-6-8/h7-9H,4-6H2,1-3H3,(H,12,16)(H,14,15). The maximum atomic E-state index is 11.8. The number of hydrogen-bond donors (Lipinski definition) is 2. The van der Waals surface area contributed by atoms with E-state index in [0.29, 0.717) is 6.54 Å². The summed E-state index contributed by atoms with van der Waals surface area (Å²) in [4.78, 5) is 24.4. The highest BCUT2D eigenvalue weighted by Gasteiger charge is 2.38. The van der Waals surface area contributed by atoms with E-state index in [4.69, 9.17) is 5.11 Å². The topological polar surface area (TPSA) is 69.6 Å². The van der Waals surface area contributed by atoms with Gasteiger partial charge in [-0.2, -0.15) is 0 Å². The van der Waals surface area contributed by atoms with Crippen molar-refractivity contribution in [2.75, 3.05) is 6.54 Å². The van der Waals surface area contributed by atoms with E-state index >= 15 is 0 Å². The van der Waals surface area contributed by atoms with E-state index in [-0.39, 0.29) is 18.0 Å². The smallest absolute Gasteiger partial charge is 0.326 e. The van der Waals surface area contributed by atoms with Crippen LogP contribution in [0.1, 0.15) is 33.6 Å². The van der Waals surface area contributed by atoms with Gasteiger partial charge in [-0.3, -0.25) is 0 Å². The molecule has 0 aliphatic heterocycles. The Morgan fingerprint density at radius 2 is 2.00 bits per heavy atom. The molecule has 1 saturated carbocycles. The van der Waals surface area contributed by atoms with Gasteiger partial charge in [-0.15, -0.1) is 0 Å². The normalized spacial score (nSPS) is 17.0. The van der Waals surface area contributed by atoms with Gasteiger partial charge in [-0.05, 0) is 39.5 Å². The van der Waals surface area contributed by atoms with Crippen molar-refractivity contribution < 1.29 is 14.7 Å². The second-order valence-electron chi connectivity index (χ2n) is 4.48. The third kappa shape index (κ3) is 3.12. The molecule has 0 aromatic heterocycles. The minimum Gasteiger partial charge on any atom is -0.480 e. The lowest BCUT2D eigenvalue weighted by Gasteiger charge is -2.27. The van der Waals surface area contributed by atoms with Gasteiger partial charge in [0.2, 0.25) is 0 Å². The zero-order valence-electron chi connectivity index (χ0n) is 10.1. The van der Waals surface area contributed by atoms with Crippen LogP contribution in [0, 0.1) is 5.92 Å². The van der Waals surface area contributed by atoms with Crippen LogP contribution in [-0.4, -0.2) is 40.6 Å². The predicted octanol–water partition coefficient (Wildman–Crippen LogP) is 1.29. The van der Waals surface area contributed by atoms with Crippen molar-refractivity contribution in [3.63, 3.8) is 0 Å². The Morgan fingerprint density at radius 1 is 1.44 bits per heavy atom. The number of nitrogens with one attached hydrogen (secondary N) is 1. The van der Waals surface area contributed by atoms with Crippen molar-refractivity contribution in [3.8, 4) is 0 Å². The van der Waals surface area contributed by atoms with Crippen LogP contribution in [0.5, 0.6) is 0 Å². The number of carbonyl (C=O) groups is 2. The van der Waals surface area contributed by atoms with E-state index < -0.39 is 12.0 Å². The first-order valence-electron chi connectivity index (χ1n) is 5.77. The fourth-order valence-electron chi connectivity index (χ4n) is 1.77. The van der Waals surface area contributed by atoms with Crippen LogP contribution in [0.4, 0.5) is 4.79 Å². The highest BCUT2D eigenvalue weighted by atomic mass is 16.4. The van der Waals surface area contributed by atoms with Crippen molar-refractivity contribution in [1.29, 1.82) is 0 Å². The van der Waals surface area contributed by atoms with Gasteiger partial charge in [0.15, 0.2) is 0 Å². The van der Waals surface area contributed by atoms with Gasteiger partial charge in [0.1, 0.15) is 6.04 Å². The van der Waals surface area contributed by atoms with Crippen molar-refractivity contribution in [2.24, 2.45) is 5.92 Å². The average molecular weight is 228 g/mol. The molecule has 0 aromatic rings. The fraction of sp³-hybridized carbons (Fsp3) is 0.818. The minimum atomic E-state index is -0.935. The first-order valence-corrected chi connectivity index (χ1v) is 5.77. The van der Waals surface area contributed by atoms with Crippen LogP contribution in [0.2, 0.25) is 0 Å². The lowest BCUT2D eigenvalue weighted by Crippen LogP contribution is -2.50. The van der Waals surface area contributed by atoms with Crippen LogP contribution < -0.4 is 5.32 Å². The Morgan fingerprint density at radius 3 is 2.31 bits per heavy atom. The Labute approximate surface area is 95.8 Å².